The molecule has 100 valence electrons. The Morgan fingerprint density at radius 1 is 1.56 bits per heavy atom. The highest BCUT2D eigenvalue weighted by atomic mass is 16.6. The van der Waals surface area contributed by atoms with E-state index in [1.807, 2.05) is 7.05 Å². The van der Waals surface area contributed by atoms with E-state index in [0.717, 1.165) is 38.2 Å². The van der Waals surface area contributed by atoms with Crippen molar-refractivity contribution in [3.05, 3.63) is 12.2 Å². The molecule has 0 aromatic carbocycles. The Morgan fingerprint density at radius 3 is 3.11 bits per heavy atom. The SMILES string of the molecule is Cn1ncnc1COC1COC2(CCNCC2)C1. The van der Waals surface area contributed by atoms with Crippen molar-refractivity contribution in [2.75, 3.05) is 19.7 Å². The molecule has 0 amide bonds. The van der Waals surface area contributed by atoms with Crippen molar-refractivity contribution in [3.63, 3.8) is 0 Å². The summed E-state index contributed by atoms with van der Waals surface area (Å²) in [6.45, 7) is 3.32. The van der Waals surface area contributed by atoms with Crippen LogP contribution in [0.2, 0.25) is 0 Å². The molecule has 3 rings (SSSR count). The van der Waals surface area contributed by atoms with Crippen LogP contribution >= 0.6 is 0 Å². The standard InChI is InChI=1S/C12H20N4O2/c1-16-11(14-9-15-16)8-17-10-6-12(18-7-10)2-4-13-5-3-12/h9-10,13H,2-8H2,1H3. The lowest BCUT2D eigenvalue weighted by Gasteiger charge is -2.32. The van der Waals surface area contributed by atoms with Crippen molar-refractivity contribution >= 4 is 0 Å². The van der Waals surface area contributed by atoms with Crippen LogP contribution < -0.4 is 5.32 Å². The van der Waals surface area contributed by atoms with Gasteiger partial charge in [0, 0.05) is 13.5 Å². The number of piperidine rings is 1. The maximum atomic E-state index is 5.99. The van der Waals surface area contributed by atoms with Crippen LogP contribution in [0.5, 0.6) is 0 Å². The average molecular weight is 252 g/mol. The lowest BCUT2D eigenvalue weighted by molar-refractivity contribution is -0.0244. The van der Waals surface area contributed by atoms with Gasteiger partial charge in [-0.25, -0.2) is 4.98 Å². The molecular weight excluding hydrogens is 232 g/mol. The summed E-state index contributed by atoms with van der Waals surface area (Å²) in [5, 5.41) is 7.40. The monoisotopic (exact) mass is 252 g/mol. The fourth-order valence-electron chi connectivity index (χ4n) is 2.78. The minimum absolute atomic E-state index is 0.0653. The zero-order valence-electron chi connectivity index (χ0n) is 10.8. The molecule has 0 aliphatic carbocycles. The van der Waals surface area contributed by atoms with Gasteiger partial charge in [0.05, 0.1) is 18.3 Å². The number of hydrogen-bond donors (Lipinski definition) is 1. The van der Waals surface area contributed by atoms with E-state index in [4.69, 9.17) is 9.47 Å². The Hall–Kier alpha value is -0.980. The van der Waals surface area contributed by atoms with Gasteiger partial charge < -0.3 is 14.8 Å². The summed E-state index contributed by atoms with van der Waals surface area (Å²) in [6.07, 6.45) is 4.94. The van der Waals surface area contributed by atoms with E-state index < -0.39 is 0 Å². The third-order valence-electron chi connectivity index (χ3n) is 3.94. The van der Waals surface area contributed by atoms with Crippen LogP contribution in [0.15, 0.2) is 6.33 Å². The number of nitrogens with zero attached hydrogens (tertiary/aromatic N) is 3. The molecule has 2 fully saturated rings. The van der Waals surface area contributed by atoms with Crippen LogP contribution in [0.4, 0.5) is 0 Å². The maximum Gasteiger partial charge on any atom is 0.152 e. The van der Waals surface area contributed by atoms with Crippen LogP contribution in [-0.2, 0) is 23.1 Å². The van der Waals surface area contributed by atoms with Crippen molar-refractivity contribution in [1.29, 1.82) is 0 Å². The van der Waals surface area contributed by atoms with E-state index in [9.17, 15) is 0 Å². The lowest BCUT2D eigenvalue weighted by Crippen LogP contribution is -2.41. The topological polar surface area (TPSA) is 61.2 Å². The Kier molecular flexibility index (Phi) is 3.32. The van der Waals surface area contributed by atoms with E-state index in [-0.39, 0.29) is 11.7 Å². The van der Waals surface area contributed by atoms with Gasteiger partial charge in [-0.15, -0.1) is 0 Å². The van der Waals surface area contributed by atoms with Crippen molar-refractivity contribution < 1.29 is 9.47 Å². The molecular formula is C12H20N4O2. The lowest BCUT2D eigenvalue weighted by atomic mass is 9.89. The molecule has 1 aromatic heterocycles. The second-order valence-electron chi connectivity index (χ2n) is 5.18. The highest BCUT2D eigenvalue weighted by Crippen LogP contribution is 2.35. The van der Waals surface area contributed by atoms with Crippen molar-refractivity contribution in [3.8, 4) is 0 Å². The van der Waals surface area contributed by atoms with Gasteiger partial charge >= 0.3 is 0 Å². The molecule has 2 aliphatic rings. The summed E-state index contributed by atoms with van der Waals surface area (Å²) in [5.74, 6) is 0.862. The fourth-order valence-corrected chi connectivity index (χ4v) is 2.78. The molecule has 18 heavy (non-hydrogen) atoms. The summed E-state index contributed by atoms with van der Waals surface area (Å²) >= 11 is 0. The molecule has 1 atom stereocenters. The molecule has 0 radical (unpaired) electrons. The largest absolute Gasteiger partial charge is 0.372 e. The van der Waals surface area contributed by atoms with Gasteiger partial charge in [0.15, 0.2) is 5.82 Å². The van der Waals surface area contributed by atoms with Gasteiger partial charge in [-0.1, -0.05) is 0 Å². The van der Waals surface area contributed by atoms with Crippen LogP contribution in [0, 0.1) is 0 Å². The smallest absolute Gasteiger partial charge is 0.152 e. The first-order chi connectivity index (χ1) is 8.77. The Bertz CT molecular complexity index is 401. The quantitative estimate of drug-likeness (QED) is 0.835. The number of nitrogens with one attached hydrogen (secondary N) is 1. The highest BCUT2D eigenvalue weighted by Gasteiger charge is 2.41. The van der Waals surface area contributed by atoms with Crippen LogP contribution in [0.3, 0.4) is 0 Å². The summed E-state index contributed by atoms with van der Waals surface area (Å²) in [5.41, 5.74) is 0.0653. The molecule has 1 N–H and O–H groups in total. The molecule has 2 saturated heterocycles. The second-order valence-corrected chi connectivity index (χ2v) is 5.18. The minimum atomic E-state index is 0.0653. The van der Waals surface area contributed by atoms with E-state index in [1.165, 1.54) is 0 Å². The van der Waals surface area contributed by atoms with E-state index >= 15 is 0 Å². The molecule has 3 heterocycles. The minimum Gasteiger partial charge on any atom is -0.372 e. The first-order valence-electron chi connectivity index (χ1n) is 6.57. The normalized spacial score (nSPS) is 26.8. The highest BCUT2D eigenvalue weighted by molar-refractivity contribution is 4.93. The fraction of sp³-hybridized carbons (Fsp3) is 0.833. The molecule has 0 bridgehead atoms. The van der Waals surface area contributed by atoms with Gasteiger partial charge in [-0.3, -0.25) is 4.68 Å². The molecule has 1 unspecified atom stereocenters. The second kappa shape index (κ2) is 4.95. The third-order valence-corrected chi connectivity index (χ3v) is 3.94. The molecule has 1 spiro atoms. The van der Waals surface area contributed by atoms with Gasteiger partial charge in [-0.2, -0.15) is 5.10 Å². The molecule has 0 saturated carbocycles. The van der Waals surface area contributed by atoms with E-state index in [1.54, 1.807) is 11.0 Å². The maximum absolute atomic E-state index is 5.99. The zero-order valence-corrected chi connectivity index (χ0v) is 10.8. The summed E-state index contributed by atoms with van der Waals surface area (Å²) in [6, 6.07) is 0. The number of rotatable bonds is 3. The predicted molar refractivity (Wildman–Crippen MR) is 65.0 cm³/mol. The van der Waals surface area contributed by atoms with Crippen molar-refractivity contribution in [1.82, 2.24) is 20.1 Å². The number of aromatic nitrogens is 3. The number of aryl methyl sites for hydroxylation is 1. The first kappa shape index (κ1) is 12.1. The molecule has 6 heteroatoms. The Balaban J connectivity index is 1.52. The summed E-state index contributed by atoms with van der Waals surface area (Å²) in [4.78, 5) is 4.16. The van der Waals surface area contributed by atoms with Gasteiger partial charge in [0.2, 0.25) is 0 Å². The number of hydrogen-bond acceptors (Lipinski definition) is 5. The first-order valence-corrected chi connectivity index (χ1v) is 6.57. The third kappa shape index (κ3) is 2.41. The Labute approximate surface area is 107 Å². The average Bonchev–Trinajstić information content (AvgIpc) is 2.96. The van der Waals surface area contributed by atoms with Crippen molar-refractivity contribution in [2.45, 2.75) is 37.6 Å². The van der Waals surface area contributed by atoms with Crippen LogP contribution in [-0.4, -0.2) is 46.2 Å². The van der Waals surface area contributed by atoms with Crippen molar-refractivity contribution in [2.24, 2.45) is 7.05 Å². The van der Waals surface area contributed by atoms with E-state index in [2.05, 4.69) is 15.4 Å². The van der Waals surface area contributed by atoms with E-state index in [0.29, 0.717) is 13.2 Å². The van der Waals surface area contributed by atoms with Crippen LogP contribution in [0.1, 0.15) is 25.1 Å². The van der Waals surface area contributed by atoms with Gasteiger partial charge in [-0.05, 0) is 25.9 Å². The zero-order chi connectivity index (χ0) is 12.4. The Morgan fingerprint density at radius 2 is 2.39 bits per heavy atom. The summed E-state index contributed by atoms with van der Waals surface area (Å²) in [7, 11) is 1.88. The molecule has 1 aromatic rings. The predicted octanol–water partition coefficient (Wildman–Crippen LogP) is 0.243. The van der Waals surface area contributed by atoms with Gasteiger partial charge in [0.1, 0.15) is 12.9 Å². The summed E-state index contributed by atoms with van der Waals surface area (Å²) < 4.78 is 13.6. The van der Waals surface area contributed by atoms with Crippen LogP contribution in [0.25, 0.3) is 0 Å². The number of ether oxygens (including phenoxy) is 2. The molecule has 6 nitrogen and oxygen atoms in total. The van der Waals surface area contributed by atoms with Gasteiger partial charge in [0.25, 0.3) is 0 Å². The molecule has 2 aliphatic heterocycles.